The molecular weight excluding hydrogens is 430 g/mol. The summed E-state index contributed by atoms with van der Waals surface area (Å²) in [5, 5.41) is 34.2. The fourth-order valence-electron chi connectivity index (χ4n) is 2.60. The third kappa shape index (κ3) is 10.7. The number of rotatable bonds is 14. The number of hydrogen-bond donors (Lipinski definition) is 8. The Morgan fingerprint density at radius 2 is 1.34 bits per heavy atom. The zero-order chi connectivity index (χ0) is 25.2. The highest BCUT2D eigenvalue weighted by molar-refractivity contribution is 5.96. The number of amides is 4. The zero-order valence-corrected chi connectivity index (χ0v) is 18.0. The Hall–Kier alpha value is -3.26. The summed E-state index contributed by atoms with van der Waals surface area (Å²) in [6.45, 7) is 4.82. The first-order valence-electron chi connectivity index (χ1n) is 9.73. The lowest BCUT2D eigenvalue weighted by Gasteiger charge is -2.26. The Kier molecular flexibility index (Phi) is 11.9. The van der Waals surface area contributed by atoms with Crippen molar-refractivity contribution >= 4 is 35.6 Å². The van der Waals surface area contributed by atoms with Crippen molar-refractivity contribution in [1.29, 1.82) is 0 Å². The van der Waals surface area contributed by atoms with Crippen molar-refractivity contribution in [3.8, 4) is 0 Å². The Bertz CT molecular complexity index is 726. The molecule has 0 saturated heterocycles. The topological polar surface area (TPSA) is 251 Å². The van der Waals surface area contributed by atoms with E-state index < -0.39 is 78.7 Å². The van der Waals surface area contributed by atoms with Gasteiger partial charge in [-0.25, -0.2) is 4.79 Å². The normalized spacial score (nSPS) is 15.6. The second-order valence-corrected chi connectivity index (χ2v) is 7.69. The molecule has 0 saturated carbocycles. The van der Waals surface area contributed by atoms with Gasteiger partial charge in [0.15, 0.2) is 0 Å². The maximum Gasteiger partial charge on any atom is 0.326 e. The summed E-state index contributed by atoms with van der Waals surface area (Å²) >= 11 is 0. The van der Waals surface area contributed by atoms with Gasteiger partial charge in [0.1, 0.15) is 18.1 Å². The average Bonchev–Trinajstić information content (AvgIpc) is 2.62. The van der Waals surface area contributed by atoms with Gasteiger partial charge in [-0.05, 0) is 19.3 Å². The van der Waals surface area contributed by atoms with Crippen molar-refractivity contribution in [3.05, 3.63) is 0 Å². The number of carbonyl (C=O) groups is 6. The minimum Gasteiger partial charge on any atom is -0.481 e. The highest BCUT2D eigenvalue weighted by Crippen LogP contribution is 2.05. The van der Waals surface area contributed by atoms with Crippen molar-refractivity contribution in [2.24, 2.45) is 17.4 Å². The van der Waals surface area contributed by atoms with Crippen LogP contribution in [0.4, 0.5) is 0 Å². The van der Waals surface area contributed by atoms with Gasteiger partial charge >= 0.3 is 11.9 Å². The molecule has 0 aliphatic rings. The van der Waals surface area contributed by atoms with Crippen molar-refractivity contribution < 1.29 is 44.1 Å². The van der Waals surface area contributed by atoms with Crippen LogP contribution in [0, 0.1) is 5.92 Å². The molecular formula is C18H31N5O9. The van der Waals surface area contributed by atoms with Crippen LogP contribution in [0.5, 0.6) is 0 Å². The fraction of sp³-hybridized carbons (Fsp3) is 0.667. The van der Waals surface area contributed by atoms with Gasteiger partial charge in [-0.1, -0.05) is 13.8 Å². The lowest BCUT2D eigenvalue weighted by Crippen LogP contribution is -2.60. The van der Waals surface area contributed by atoms with Gasteiger partial charge in [0.05, 0.1) is 25.0 Å². The lowest BCUT2D eigenvalue weighted by molar-refractivity contribution is -0.145. The number of aliphatic hydroxyl groups is 1. The second kappa shape index (κ2) is 13.2. The molecule has 32 heavy (non-hydrogen) atoms. The molecule has 14 nitrogen and oxygen atoms in total. The number of carboxylic acids is 2. The van der Waals surface area contributed by atoms with E-state index in [0.717, 1.165) is 0 Å². The van der Waals surface area contributed by atoms with Crippen LogP contribution in [0.25, 0.3) is 0 Å². The van der Waals surface area contributed by atoms with E-state index in [0.29, 0.717) is 6.42 Å². The summed E-state index contributed by atoms with van der Waals surface area (Å²) in [6.07, 6.45) is -2.87. The number of carbonyl (C=O) groups excluding carboxylic acids is 4. The maximum absolute atomic E-state index is 12.6. The number of aliphatic hydroxyl groups excluding tert-OH is 1. The molecule has 14 heteroatoms. The molecule has 182 valence electrons. The molecule has 0 aliphatic heterocycles. The Morgan fingerprint density at radius 1 is 0.812 bits per heavy atom. The standard InChI is InChI=1S/C18H31N5O9/c1-7(2)4-9(19)15(28)23-14(8(3)24)17(30)21-10(6-13(26)27)16(29)22-11(18(31)32)5-12(20)25/h7-11,14,24H,4-6,19H2,1-3H3,(H2,20,25)(H,21,30)(H,22,29)(H,23,28)(H,26,27)(H,31,32). The van der Waals surface area contributed by atoms with Crippen molar-refractivity contribution in [2.75, 3.05) is 0 Å². The Balaban J connectivity index is 5.47. The lowest BCUT2D eigenvalue weighted by atomic mass is 10.0. The summed E-state index contributed by atoms with van der Waals surface area (Å²) in [6, 6.07) is -6.09. The first-order valence-corrected chi connectivity index (χ1v) is 9.73. The minimum absolute atomic E-state index is 0.0702. The summed E-state index contributed by atoms with van der Waals surface area (Å²) in [7, 11) is 0. The summed E-state index contributed by atoms with van der Waals surface area (Å²) in [5.41, 5.74) is 10.7. The third-order valence-corrected chi connectivity index (χ3v) is 4.16. The van der Waals surface area contributed by atoms with E-state index in [-0.39, 0.29) is 5.92 Å². The van der Waals surface area contributed by atoms with E-state index >= 15 is 0 Å². The number of hydrogen-bond acceptors (Lipinski definition) is 8. The van der Waals surface area contributed by atoms with E-state index in [1.54, 1.807) is 0 Å². The van der Waals surface area contributed by atoms with Crippen molar-refractivity contribution in [1.82, 2.24) is 16.0 Å². The second-order valence-electron chi connectivity index (χ2n) is 7.69. The van der Waals surface area contributed by atoms with E-state index in [2.05, 4.69) is 10.6 Å². The van der Waals surface area contributed by atoms with Crippen LogP contribution >= 0.6 is 0 Å². The third-order valence-electron chi connectivity index (χ3n) is 4.16. The van der Waals surface area contributed by atoms with E-state index in [4.69, 9.17) is 21.7 Å². The molecule has 0 spiro atoms. The molecule has 0 heterocycles. The zero-order valence-electron chi connectivity index (χ0n) is 18.0. The molecule has 0 aromatic rings. The van der Waals surface area contributed by atoms with Gasteiger partial charge in [-0.15, -0.1) is 0 Å². The number of carboxylic acid groups (broad SMARTS) is 2. The first kappa shape index (κ1) is 28.7. The molecule has 4 amide bonds. The van der Waals surface area contributed by atoms with Gasteiger partial charge in [0, 0.05) is 0 Å². The molecule has 0 aromatic heterocycles. The van der Waals surface area contributed by atoms with E-state index in [1.807, 2.05) is 19.2 Å². The monoisotopic (exact) mass is 461 g/mol. The molecule has 5 atom stereocenters. The Morgan fingerprint density at radius 3 is 1.75 bits per heavy atom. The van der Waals surface area contributed by atoms with Crippen LogP contribution in [0.15, 0.2) is 0 Å². The van der Waals surface area contributed by atoms with Crippen molar-refractivity contribution in [3.63, 3.8) is 0 Å². The maximum atomic E-state index is 12.6. The molecule has 0 bridgehead atoms. The summed E-state index contributed by atoms with van der Waals surface area (Å²) < 4.78 is 0. The first-order chi connectivity index (χ1) is 14.6. The average molecular weight is 461 g/mol. The molecule has 0 rings (SSSR count). The van der Waals surface area contributed by atoms with Gasteiger partial charge in [-0.3, -0.25) is 24.0 Å². The number of nitrogens with one attached hydrogen (secondary N) is 3. The smallest absolute Gasteiger partial charge is 0.326 e. The van der Waals surface area contributed by atoms with Crippen LogP contribution in [0.2, 0.25) is 0 Å². The molecule has 0 fully saturated rings. The quantitative estimate of drug-likeness (QED) is 0.127. The predicted molar refractivity (Wildman–Crippen MR) is 109 cm³/mol. The highest BCUT2D eigenvalue weighted by atomic mass is 16.4. The fourth-order valence-corrected chi connectivity index (χ4v) is 2.60. The van der Waals surface area contributed by atoms with Crippen LogP contribution in [-0.4, -0.2) is 81.2 Å². The number of primary amides is 1. The molecule has 5 unspecified atom stereocenters. The molecule has 10 N–H and O–H groups in total. The number of nitrogens with two attached hydrogens (primary N) is 2. The van der Waals surface area contributed by atoms with Crippen molar-refractivity contribution in [2.45, 2.75) is 70.3 Å². The summed E-state index contributed by atoms with van der Waals surface area (Å²) in [5.74, 6) is -7.15. The van der Waals surface area contributed by atoms with Gasteiger partial charge in [-0.2, -0.15) is 0 Å². The van der Waals surface area contributed by atoms with Gasteiger partial charge < -0.3 is 42.7 Å². The molecule has 0 radical (unpaired) electrons. The van der Waals surface area contributed by atoms with E-state index in [9.17, 15) is 33.9 Å². The number of aliphatic carboxylic acids is 2. The van der Waals surface area contributed by atoms with Gasteiger partial charge in [0.2, 0.25) is 23.6 Å². The minimum atomic E-state index is -1.78. The largest absolute Gasteiger partial charge is 0.481 e. The SMILES string of the molecule is CC(C)CC(N)C(=O)NC(C(=O)NC(CC(=O)O)C(=O)NC(CC(N)=O)C(=O)O)C(C)O. The summed E-state index contributed by atoms with van der Waals surface area (Å²) in [4.78, 5) is 70.4. The highest BCUT2D eigenvalue weighted by Gasteiger charge is 2.33. The van der Waals surface area contributed by atoms with Gasteiger partial charge in [0.25, 0.3) is 0 Å². The Labute approximate surface area is 184 Å². The van der Waals surface area contributed by atoms with Crippen LogP contribution in [0.1, 0.15) is 40.0 Å². The van der Waals surface area contributed by atoms with Crippen LogP contribution in [-0.2, 0) is 28.8 Å². The van der Waals surface area contributed by atoms with Crippen LogP contribution in [0.3, 0.4) is 0 Å². The van der Waals surface area contributed by atoms with E-state index in [1.165, 1.54) is 6.92 Å². The molecule has 0 aromatic carbocycles. The molecule has 0 aliphatic carbocycles. The van der Waals surface area contributed by atoms with Crippen LogP contribution < -0.4 is 27.4 Å². The predicted octanol–water partition coefficient (Wildman–Crippen LogP) is -3.37.